The first kappa shape index (κ1) is 19.3. The monoisotopic (exact) mass is 346 g/mol. The summed E-state index contributed by atoms with van der Waals surface area (Å²) in [5.41, 5.74) is 0.434. The summed E-state index contributed by atoms with van der Waals surface area (Å²) in [7, 11) is 0. The highest BCUT2D eigenvalue weighted by Gasteiger charge is 2.25. The minimum absolute atomic E-state index is 0.163. The van der Waals surface area contributed by atoms with Gasteiger partial charge in [0.2, 0.25) is 5.91 Å². The Bertz CT molecular complexity index is 580. The summed E-state index contributed by atoms with van der Waals surface area (Å²) in [6, 6.07) is 9.49. The van der Waals surface area contributed by atoms with Crippen LogP contribution in [0.5, 0.6) is 0 Å². The second kappa shape index (κ2) is 8.37. The van der Waals surface area contributed by atoms with Crippen LogP contribution in [0, 0.1) is 5.92 Å². The number of rotatable bonds is 5. The van der Waals surface area contributed by atoms with E-state index in [4.69, 9.17) is 4.74 Å². The van der Waals surface area contributed by atoms with Gasteiger partial charge in [-0.15, -0.1) is 0 Å². The van der Waals surface area contributed by atoms with Crippen LogP contribution < -0.4 is 5.32 Å². The molecule has 1 saturated heterocycles. The number of benzene rings is 1. The number of carbonyl (C=O) groups is 2. The smallest absolute Gasteiger partial charge is 0.408 e. The van der Waals surface area contributed by atoms with Gasteiger partial charge in [-0.05, 0) is 45.1 Å². The van der Waals surface area contributed by atoms with Gasteiger partial charge in [-0.2, -0.15) is 0 Å². The minimum atomic E-state index is -0.549. The third-order valence-electron chi connectivity index (χ3n) is 4.32. The zero-order valence-electron chi connectivity index (χ0n) is 15.7. The van der Waals surface area contributed by atoms with Gasteiger partial charge in [0.05, 0.1) is 6.04 Å². The molecule has 0 radical (unpaired) electrons. The Balaban J connectivity index is 1.97. The number of nitrogens with zero attached hydrogens (tertiary/aromatic N) is 1. The lowest BCUT2D eigenvalue weighted by Gasteiger charge is -2.24. The first-order chi connectivity index (χ1) is 11.7. The maximum absolute atomic E-state index is 12.4. The summed E-state index contributed by atoms with van der Waals surface area (Å²) in [5, 5.41) is 2.91. The van der Waals surface area contributed by atoms with Gasteiger partial charge in [0, 0.05) is 19.5 Å². The third-order valence-corrected chi connectivity index (χ3v) is 4.32. The number of carbonyl (C=O) groups excluding carboxylic acids is 2. The van der Waals surface area contributed by atoms with Gasteiger partial charge >= 0.3 is 6.09 Å². The molecule has 5 nitrogen and oxygen atoms in total. The molecule has 2 amide bonds. The molecule has 1 N–H and O–H groups in total. The number of hydrogen-bond donors (Lipinski definition) is 1. The van der Waals surface area contributed by atoms with E-state index in [9.17, 15) is 9.59 Å². The normalized spacial score (nSPS) is 18.7. The van der Waals surface area contributed by atoms with Gasteiger partial charge in [-0.3, -0.25) is 4.79 Å². The summed E-state index contributed by atoms with van der Waals surface area (Å²) < 4.78 is 5.36. The van der Waals surface area contributed by atoms with E-state index in [0.29, 0.717) is 18.8 Å². The summed E-state index contributed by atoms with van der Waals surface area (Å²) in [6.45, 7) is 9.36. The van der Waals surface area contributed by atoms with Gasteiger partial charge < -0.3 is 15.0 Å². The van der Waals surface area contributed by atoms with Crippen molar-refractivity contribution in [1.82, 2.24) is 10.2 Å². The maximum atomic E-state index is 12.4. The van der Waals surface area contributed by atoms with E-state index in [2.05, 4.69) is 12.2 Å². The van der Waals surface area contributed by atoms with Gasteiger partial charge in [0.15, 0.2) is 0 Å². The van der Waals surface area contributed by atoms with E-state index in [1.165, 1.54) is 0 Å². The topological polar surface area (TPSA) is 58.6 Å². The molecule has 138 valence electrons. The maximum Gasteiger partial charge on any atom is 0.408 e. The average molecular weight is 346 g/mol. The molecule has 25 heavy (non-hydrogen) atoms. The molecule has 0 bridgehead atoms. The van der Waals surface area contributed by atoms with Crippen LogP contribution in [0.3, 0.4) is 0 Å². The van der Waals surface area contributed by atoms with Crippen molar-refractivity contribution in [2.75, 3.05) is 13.1 Å². The molecule has 1 aromatic rings. The highest BCUT2D eigenvalue weighted by atomic mass is 16.6. The van der Waals surface area contributed by atoms with Crippen LogP contribution in [0.1, 0.15) is 58.6 Å². The van der Waals surface area contributed by atoms with Crippen LogP contribution in [0.4, 0.5) is 4.79 Å². The fourth-order valence-corrected chi connectivity index (χ4v) is 3.04. The van der Waals surface area contributed by atoms with Crippen molar-refractivity contribution in [2.45, 2.75) is 58.6 Å². The van der Waals surface area contributed by atoms with Gasteiger partial charge in [0.25, 0.3) is 0 Å². The van der Waals surface area contributed by atoms with Crippen molar-refractivity contribution < 1.29 is 14.3 Å². The number of amides is 2. The molecule has 2 rings (SSSR count). The zero-order chi connectivity index (χ0) is 18.4. The first-order valence-electron chi connectivity index (χ1n) is 9.07. The predicted molar refractivity (Wildman–Crippen MR) is 98.1 cm³/mol. The number of nitrogens with one attached hydrogen (secondary N) is 1. The molecule has 1 fully saturated rings. The Hall–Kier alpha value is -2.04. The summed E-state index contributed by atoms with van der Waals surface area (Å²) in [4.78, 5) is 26.5. The molecule has 0 spiro atoms. The van der Waals surface area contributed by atoms with Crippen molar-refractivity contribution >= 4 is 12.0 Å². The predicted octanol–water partition coefficient (Wildman–Crippen LogP) is 3.90. The molecule has 0 saturated carbocycles. The number of hydrogen-bond acceptors (Lipinski definition) is 3. The lowest BCUT2D eigenvalue weighted by molar-refractivity contribution is -0.130. The van der Waals surface area contributed by atoms with E-state index in [1.54, 1.807) is 0 Å². The Kier molecular flexibility index (Phi) is 6.45. The Morgan fingerprint density at radius 2 is 1.96 bits per heavy atom. The van der Waals surface area contributed by atoms with Crippen LogP contribution in [0.25, 0.3) is 0 Å². The largest absolute Gasteiger partial charge is 0.444 e. The lowest BCUT2D eigenvalue weighted by atomic mass is 10.0. The third kappa shape index (κ3) is 6.40. The molecule has 2 unspecified atom stereocenters. The highest BCUT2D eigenvalue weighted by molar-refractivity contribution is 5.76. The molecule has 2 atom stereocenters. The van der Waals surface area contributed by atoms with Crippen molar-refractivity contribution in [3.05, 3.63) is 35.9 Å². The summed E-state index contributed by atoms with van der Waals surface area (Å²) in [5.74, 6) is 0.741. The zero-order valence-corrected chi connectivity index (χ0v) is 15.7. The fraction of sp³-hybridized carbons (Fsp3) is 0.600. The number of ether oxygens (including phenoxy) is 1. The van der Waals surface area contributed by atoms with Gasteiger partial charge in [0.1, 0.15) is 5.60 Å². The fourth-order valence-electron chi connectivity index (χ4n) is 3.04. The van der Waals surface area contributed by atoms with Gasteiger partial charge in [-0.1, -0.05) is 37.3 Å². The molecule has 1 aliphatic rings. The van der Waals surface area contributed by atoms with Crippen molar-refractivity contribution in [3.8, 4) is 0 Å². The highest BCUT2D eigenvalue weighted by Crippen LogP contribution is 2.22. The molecule has 1 aromatic carbocycles. The lowest BCUT2D eigenvalue weighted by Crippen LogP contribution is -2.36. The van der Waals surface area contributed by atoms with Crippen molar-refractivity contribution in [3.63, 3.8) is 0 Å². The van der Waals surface area contributed by atoms with Gasteiger partial charge in [-0.25, -0.2) is 4.79 Å². The Morgan fingerprint density at radius 3 is 2.52 bits per heavy atom. The van der Waals surface area contributed by atoms with Crippen LogP contribution in [0.2, 0.25) is 0 Å². The second-order valence-corrected chi connectivity index (χ2v) is 7.88. The minimum Gasteiger partial charge on any atom is -0.444 e. The van der Waals surface area contributed by atoms with Crippen LogP contribution >= 0.6 is 0 Å². The SMILES string of the molecule is CC1CCN(C(=O)CCC(NC(=O)OC(C)(C)C)c2ccccc2)C1. The molecular formula is C20H30N2O3. The standard InChI is InChI=1S/C20H30N2O3/c1-15-12-13-22(14-15)18(23)11-10-17(16-8-6-5-7-9-16)21-19(24)25-20(2,3)4/h5-9,15,17H,10-14H2,1-4H3,(H,21,24). The Labute approximate surface area is 150 Å². The van der Waals surface area contributed by atoms with E-state index < -0.39 is 11.7 Å². The van der Waals surface area contributed by atoms with Crippen LogP contribution in [-0.4, -0.2) is 35.6 Å². The first-order valence-corrected chi connectivity index (χ1v) is 9.07. The quantitative estimate of drug-likeness (QED) is 0.879. The van der Waals surface area contributed by atoms with Crippen molar-refractivity contribution in [2.24, 2.45) is 5.92 Å². The molecule has 5 heteroatoms. The molecular weight excluding hydrogens is 316 g/mol. The Morgan fingerprint density at radius 1 is 1.28 bits per heavy atom. The number of alkyl carbamates (subject to hydrolysis) is 1. The van der Waals surface area contributed by atoms with E-state index in [0.717, 1.165) is 25.1 Å². The number of likely N-dealkylation sites (tertiary alicyclic amines) is 1. The summed E-state index contributed by atoms with van der Waals surface area (Å²) >= 11 is 0. The molecule has 0 aliphatic carbocycles. The van der Waals surface area contributed by atoms with E-state index >= 15 is 0 Å². The van der Waals surface area contributed by atoms with Crippen molar-refractivity contribution in [1.29, 1.82) is 0 Å². The summed E-state index contributed by atoms with van der Waals surface area (Å²) in [6.07, 6.45) is 1.60. The van der Waals surface area contributed by atoms with E-state index in [-0.39, 0.29) is 11.9 Å². The van der Waals surface area contributed by atoms with Crippen LogP contribution in [0.15, 0.2) is 30.3 Å². The van der Waals surface area contributed by atoms with E-state index in [1.807, 2.05) is 56.0 Å². The van der Waals surface area contributed by atoms with Crippen LogP contribution in [-0.2, 0) is 9.53 Å². The second-order valence-electron chi connectivity index (χ2n) is 7.88. The molecule has 0 aromatic heterocycles. The average Bonchev–Trinajstić information content (AvgIpc) is 2.97. The molecule has 1 heterocycles. The molecule has 1 aliphatic heterocycles.